The van der Waals surface area contributed by atoms with Crippen molar-refractivity contribution in [3.63, 3.8) is 0 Å². The number of carbonyl (C=O) groups excluding carboxylic acids is 1. The maximum Gasteiger partial charge on any atom is 0.229 e. The lowest BCUT2D eigenvalue weighted by Crippen LogP contribution is -2.60. The quantitative estimate of drug-likeness (QED) is 0.290. The lowest BCUT2D eigenvalue weighted by Gasteiger charge is -2.39. The molecule has 6 unspecified atom stereocenters. The van der Waals surface area contributed by atoms with Gasteiger partial charge in [0.25, 0.3) is 0 Å². The van der Waals surface area contributed by atoms with E-state index in [2.05, 4.69) is 0 Å². The molecule has 1 aliphatic heterocycles. The van der Waals surface area contributed by atoms with Crippen molar-refractivity contribution in [1.82, 2.24) is 0 Å². The zero-order chi connectivity index (χ0) is 23.4. The number of ether oxygens (including phenoxy) is 3. The number of aromatic hydroxyl groups is 1. The fourth-order valence-electron chi connectivity index (χ4n) is 3.46. The summed E-state index contributed by atoms with van der Waals surface area (Å²) >= 11 is 0. The Morgan fingerprint density at radius 3 is 2.22 bits per heavy atom. The summed E-state index contributed by atoms with van der Waals surface area (Å²) in [6.45, 7) is -1.09. The molecule has 1 fully saturated rings. The first-order chi connectivity index (χ1) is 15.3. The molecule has 0 aromatic heterocycles. The molecule has 0 amide bonds. The second kappa shape index (κ2) is 10.3. The fourth-order valence-corrected chi connectivity index (χ4v) is 3.46. The number of phenolic OH excluding ortho intramolecular Hbond substituents is 1. The maximum atomic E-state index is 12.9. The van der Waals surface area contributed by atoms with Gasteiger partial charge in [-0.2, -0.15) is 0 Å². The first-order valence-corrected chi connectivity index (χ1v) is 9.89. The molecule has 6 atom stereocenters. The first-order valence-electron chi connectivity index (χ1n) is 9.89. The third-order valence-electron chi connectivity index (χ3n) is 5.35. The van der Waals surface area contributed by atoms with E-state index in [1.54, 1.807) is 24.3 Å². The molecule has 2 aromatic rings. The number of ketones is 1. The average molecular weight is 450 g/mol. The van der Waals surface area contributed by atoms with Crippen LogP contribution in [-0.2, 0) is 4.74 Å². The van der Waals surface area contributed by atoms with Gasteiger partial charge in [-0.25, -0.2) is 0 Å². The monoisotopic (exact) mass is 450 g/mol. The van der Waals surface area contributed by atoms with E-state index >= 15 is 0 Å². The molecule has 3 rings (SSSR count). The number of phenols is 1. The highest BCUT2D eigenvalue weighted by Crippen LogP contribution is 2.31. The van der Waals surface area contributed by atoms with E-state index in [1.807, 2.05) is 0 Å². The van der Waals surface area contributed by atoms with Gasteiger partial charge in [-0.1, -0.05) is 12.1 Å². The van der Waals surface area contributed by atoms with Crippen molar-refractivity contribution in [3.8, 4) is 17.2 Å². The molecule has 1 heterocycles. The number of hydrogen-bond acceptors (Lipinski definition) is 10. The van der Waals surface area contributed by atoms with Crippen molar-refractivity contribution in [2.75, 3.05) is 20.3 Å². The highest BCUT2D eigenvalue weighted by Gasteiger charge is 2.44. The predicted molar refractivity (Wildman–Crippen MR) is 110 cm³/mol. The number of benzene rings is 2. The number of hydrogen-bond donors (Lipinski definition) is 6. The van der Waals surface area contributed by atoms with Gasteiger partial charge in [0.1, 0.15) is 41.7 Å². The molecule has 0 radical (unpaired) electrons. The third kappa shape index (κ3) is 4.85. The van der Waals surface area contributed by atoms with Gasteiger partial charge in [0, 0.05) is 6.07 Å². The molecule has 2 aromatic carbocycles. The second-order valence-corrected chi connectivity index (χ2v) is 7.37. The van der Waals surface area contributed by atoms with E-state index in [9.17, 15) is 35.4 Å². The van der Waals surface area contributed by atoms with Crippen LogP contribution in [0.1, 0.15) is 21.8 Å². The molecule has 32 heavy (non-hydrogen) atoms. The number of Topliss-reactive ketones (excluding diaryl/α,β-unsaturated/α-hetero) is 1. The third-order valence-corrected chi connectivity index (χ3v) is 5.35. The van der Waals surface area contributed by atoms with Crippen LogP contribution in [0.15, 0.2) is 42.5 Å². The predicted octanol–water partition coefficient (Wildman–Crippen LogP) is -0.462. The van der Waals surface area contributed by atoms with Gasteiger partial charge in [0.05, 0.1) is 31.8 Å². The van der Waals surface area contributed by atoms with Crippen LogP contribution in [-0.4, -0.2) is 87.5 Å². The standard InChI is InChI=1S/C22H26O10/c1-30-12-4-2-11(3-5-12)15(9-23)18(26)14-7-6-13(8-16(14)25)31-22-21(29)20(28)19(27)17(10-24)32-22/h2-8,15,17,19-25,27-29H,9-10H2,1H3. The first kappa shape index (κ1) is 23.9. The molecule has 0 bridgehead atoms. The zero-order valence-electron chi connectivity index (χ0n) is 17.2. The SMILES string of the molecule is COc1ccc(C(CO)C(=O)c2ccc(OC3OC(CO)C(O)C(O)C3O)cc2O)cc1. The van der Waals surface area contributed by atoms with Crippen LogP contribution >= 0.6 is 0 Å². The van der Waals surface area contributed by atoms with Crippen LogP contribution < -0.4 is 9.47 Å². The largest absolute Gasteiger partial charge is 0.507 e. The molecular weight excluding hydrogens is 424 g/mol. The van der Waals surface area contributed by atoms with Crippen LogP contribution in [0.5, 0.6) is 17.2 Å². The number of methoxy groups -OCH3 is 1. The van der Waals surface area contributed by atoms with Gasteiger partial charge in [0.2, 0.25) is 6.29 Å². The van der Waals surface area contributed by atoms with E-state index in [-0.39, 0.29) is 11.3 Å². The van der Waals surface area contributed by atoms with E-state index in [0.717, 1.165) is 6.07 Å². The van der Waals surface area contributed by atoms with Crippen LogP contribution in [0.3, 0.4) is 0 Å². The number of carbonyl (C=O) groups is 1. The normalized spacial score (nSPS) is 26.4. The Hall–Kier alpha value is -2.73. The molecule has 1 aliphatic rings. The molecule has 0 spiro atoms. The van der Waals surface area contributed by atoms with Crippen molar-refractivity contribution in [1.29, 1.82) is 0 Å². The Morgan fingerprint density at radius 1 is 1.00 bits per heavy atom. The van der Waals surface area contributed by atoms with E-state index in [4.69, 9.17) is 14.2 Å². The summed E-state index contributed by atoms with van der Waals surface area (Å²) in [5.41, 5.74) is 0.486. The van der Waals surface area contributed by atoms with Crippen molar-refractivity contribution >= 4 is 5.78 Å². The maximum absolute atomic E-state index is 12.9. The minimum Gasteiger partial charge on any atom is -0.507 e. The minimum atomic E-state index is -1.62. The van der Waals surface area contributed by atoms with Gasteiger partial charge < -0.3 is 44.8 Å². The van der Waals surface area contributed by atoms with E-state index in [1.165, 1.54) is 19.2 Å². The van der Waals surface area contributed by atoms with Gasteiger partial charge in [-0.05, 0) is 29.8 Å². The Balaban J connectivity index is 1.77. The van der Waals surface area contributed by atoms with Crippen LogP contribution in [0.4, 0.5) is 0 Å². The summed E-state index contributed by atoms with van der Waals surface area (Å²) in [5.74, 6) is -1.26. The van der Waals surface area contributed by atoms with Crippen LogP contribution in [0.2, 0.25) is 0 Å². The summed E-state index contributed by atoms with van der Waals surface area (Å²) in [5, 5.41) is 59.1. The molecule has 10 heteroatoms. The molecular formula is C22H26O10. The Bertz CT molecular complexity index is 913. The number of rotatable bonds is 8. The Kier molecular flexibility index (Phi) is 7.67. The summed E-state index contributed by atoms with van der Waals surface area (Å²) in [4.78, 5) is 12.9. The topological polar surface area (TPSA) is 166 Å². The number of aliphatic hydroxyl groups excluding tert-OH is 5. The summed E-state index contributed by atoms with van der Waals surface area (Å²) in [6, 6.07) is 10.4. The van der Waals surface area contributed by atoms with Crippen molar-refractivity contribution in [3.05, 3.63) is 53.6 Å². The lowest BCUT2D eigenvalue weighted by molar-refractivity contribution is -0.277. The van der Waals surface area contributed by atoms with Crippen LogP contribution in [0.25, 0.3) is 0 Å². The Labute approximate surface area is 183 Å². The number of aliphatic hydroxyl groups is 5. The molecule has 174 valence electrons. The second-order valence-electron chi connectivity index (χ2n) is 7.37. The summed E-state index contributed by atoms with van der Waals surface area (Å²) < 4.78 is 15.8. The smallest absolute Gasteiger partial charge is 0.229 e. The fraction of sp³-hybridized carbons (Fsp3) is 0.409. The van der Waals surface area contributed by atoms with Crippen molar-refractivity contribution in [2.45, 2.75) is 36.6 Å². The molecule has 6 N–H and O–H groups in total. The van der Waals surface area contributed by atoms with E-state index < -0.39 is 61.4 Å². The highest BCUT2D eigenvalue weighted by atomic mass is 16.7. The van der Waals surface area contributed by atoms with Gasteiger partial charge in [-0.15, -0.1) is 0 Å². The molecule has 10 nitrogen and oxygen atoms in total. The molecule has 1 saturated heterocycles. The van der Waals surface area contributed by atoms with Crippen molar-refractivity contribution < 1.29 is 49.6 Å². The average Bonchev–Trinajstić information content (AvgIpc) is 2.80. The lowest BCUT2D eigenvalue weighted by atomic mass is 9.91. The summed E-state index contributed by atoms with van der Waals surface area (Å²) in [6.07, 6.45) is -7.35. The summed E-state index contributed by atoms with van der Waals surface area (Å²) in [7, 11) is 1.51. The van der Waals surface area contributed by atoms with Crippen molar-refractivity contribution in [2.24, 2.45) is 0 Å². The van der Waals surface area contributed by atoms with Gasteiger partial charge in [0.15, 0.2) is 5.78 Å². The molecule has 0 saturated carbocycles. The minimum absolute atomic E-state index is 0.00776. The zero-order valence-corrected chi connectivity index (χ0v) is 17.2. The van der Waals surface area contributed by atoms with Gasteiger partial charge >= 0.3 is 0 Å². The van der Waals surface area contributed by atoms with E-state index in [0.29, 0.717) is 11.3 Å². The van der Waals surface area contributed by atoms with Crippen LogP contribution in [0, 0.1) is 0 Å². The Morgan fingerprint density at radius 2 is 1.66 bits per heavy atom. The molecule has 0 aliphatic carbocycles. The van der Waals surface area contributed by atoms with Gasteiger partial charge in [-0.3, -0.25) is 4.79 Å². The highest BCUT2D eigenvalue weighted by molar-refractivity contribution is 6.03.